The Morgan fingerprint density at radius 2 is 0.407 bits per heavy atom. The second-order valence-corrected chi connectivity index (χ2v) is 33.3. The second-order valence-electron chi connectivity index (χ2n) is 33.3. The van der Waals surface area contributed by atoms with Crippen LogP contribution in [-0.2, 0) is 57.3 Å². The third-order valence-electron chi connectivity index (χ3n) is 22.3. The van der Waals surface area contributed by atoms with Crippen LogP contribution in [0.4, 0.5) is 68.2 Å². The van der Waals surface area contributed by atoms with E-state index >= 15 is 0 Å². The van der Waals surface area contributed by atoms with Crippen molar-refractivity contribution in [3.63, 3.8) is 0 Å². The van der Waals surface area contributed by atoms with Crippen molar-refractivity contribution in [3.05, 3.63) is 437 Å². The molecule has 0 saturated carbocycles. The molecule has 0 saturated heterocycles. The second kappa shape index (κ2) is 61.5. The molecule has 0 spiro atoms. The summed E-state index contributed by atoms with van der Waals surface area (Å²) < 4.78 is 41.9. The van der Waals surface area contributed by atoms with Crippen LogP contribution < -0.4 is 38.5 Å². The normalized spacial score (nSPS) is 10.3. The SMILES string of the molecule is C.C.C=C(C)C(=O)OCCCCCC(=O)Oc1ccc(N(c2ccccc2)c2ccccc2)cc1.C=CC(=O)OCCCCCC(=O)Oc1ccc(N(c2ccc(-c3ccccc3)cc2)c2ccc(-c3ccccc3)cc2)cc1.C=CC(=O)OCCCCCC(=O)Oc1ccc(N(c2ccc(C)cc2)c2ccc(C)cc2)cc1.C=CC(=O)OCCCCCC(=O)Oc1ccc(N(c2ccccc2)c2ccccc2)cc1. The highest BCUT2D eigenvalue weighted by molar-refractivity contribution is 5.88. The molecule has 20 heteroatoms. The highest BCUT2D eigenvalue weighted by Gasteiger charge is 2.21. The van der Waals surface area contributed by atoms with Gasteiger partial charge in [-0.3, -0.25) is 19.2 Å². The zero-order chi connectivity index (χ0) is 101. The van der Waals surface area contributed by atoms with Gasteiger partial charge in [-0.05, 0) is 314 Å². The number of rotatable bonds is 46. The van der Waals surface area contributed by atoms with Gasteiger partial charge < -0.3 is 57.5 Å². The maximum Gasteiger partial charge on any atom is 0.333 e. The van der Waals surface area contributed by atoms with Crippen LogP contribution in [0.1, 0.15) is 136 Å². The first-order valence-corrected chi connectivity index (χ1v) is 48.1. The lowest BCUT2D eigenvalue weighted by Gasteiger charge is -2.26. The summed E-state index contributed by atoms with van der Waals surface area (Å²) in [5, 5.41) is 0. The van der Waals surface area contributed by atoms with Crippen molar-refractivity contribution in [1.29, 1.82) is 0 Å². The molecule has 0 heterocycles. The van der Waals surface area contributed by atoms with Gasteiger partial charge in [0.1, 0.15) is 23.0 Å². The molecule has 0 fully saturated rings. The van der Waals surface area contributed by atoms with Gasteiger partial charge in [0.15, 0.2) is 0 Å². The average molecular weight is 1940 g/mol. The molecule has 0 aliphatic rings. The van der Waals surface area contributed by atoms with Gasteiger partial charge in [-0.1, -0.05) is 234 Å². The first kappa shape index (κ1) is 112. The van der Waals surface area contributed by atoms with Gasteiger partial charge >= 0.3 is 47.8 Å². The van der Waals surface area contributed by atoms with E-state index in [1.54, 1.807) is 19.1 Å². The largest absolute Gasteiger partial charge is 0.463 e. The van der Waals surface area contributed by atoms with E-state index < -0.39 is 17.9 Å². The number of ether oxygens (including phenoxy) is 8. The third kappa shape index (κ3) is 37.8. The lowest BCUT2D eigenvalue weighted by Crippen LogP contribution is -2.11. The van der Waals surface area contributed by atoms with Crippen molar-refractivity contribution in [3.8, 4) is 45.3 Å². The van der Waals surface area contributed by atoms with Crippen LogP contribution in [-0.4, -0.2) is 74.2 Å². The minimum Gasteiger partial charge on any atom is -0.463 e. The molecule has 14 aromatic rings. The summed E-state index contributed by atoms with van der Waals surface area (Å²) in [5.41, 5.74) is 19.6. The monoisotopic (exact) mass is 1940 g/mol. The van der Waals surface area contributed by atoms with Gasteiger partial charge in [0.05, 0.1) is 26.4 Å². The summed E-state index contributed by atoms with van der Waals surface area (Å²) in [6, 6.07) is 125. The summed E-state index contributed by atoms with van der Waals surface area (Å²) in [6.45, 7) is 20.7. The Bertz CT molecular complexity index is 6110. The van der Waals surface area contributed by atoms with Crippen molar-refractivity contribution < 1.29 is 76.3 Å². The number of anilines is 12. The molecular weight excluding hydrogens is 1810 g/mol. The van der Waals surface area contributed by atoms with Gasteiger partial charge in [-0.15, -0.1) is 0 Å². The summed E-state index contributed by atoms with van der Waals surface area (Å²) >= 11 is 0. The van der Waals surface area contributed by atoms with Gasteiger partial charge in [-0.25, -0.2) is 19.2 Å². The van der Waals surface area contributed by atoms with Crippen molar-refractivity contribution >= 4 is 116 Å². The molecule has 0 unspecified atom stereocenters. The molecule has 0 aromatic heterocycles. The summed E-state index contributed by atoms with van der Waals surface area (Å²) in [5.74, 6) is -0.726. The molecule has 14 rings (SSSR count). The van der Waals surface area contributed by atoms with Crippen molar-refractivity contribution in [1.82, 2.24) is 0 Å². The number of aryl methyl sites for hydroxylation is 2. The number of para-hydroxylation sites is 4. The van der Waals surface area contributed by atoms with Crippen LogP contribution in [0.25, 0.3) is 22.3 Å². The maximum absolute atomic E-state index is 12.4. The lowest BCUT2D eigenvalue weighted by molar-refractivity contribution is -0.139. The molecule has 14 aromatic carbocycles. The van der Waals surface area contributed by atoms with Gasteiger partial charge in [-0.2, -0.15) is 0 Å². The molecule has 0 N–H and O–H groups in total. The van der Waals surface area contributed by atoms with E-state index in [1.165, 1.54) is 22.3 Å². The lowest BCUT2D eigenvalue weighted by atomic mass is 10.0. The number of hydrogen-bond acceptors (Lipinski definition) is 20. The number of benzene rings is 14. The molecule has 746 valence electrons. The van der Waals surface area contributed by atoms with Crippen molar-refractivity contribution in [2.24, 2.45) is 0 Å². The third-order valence-corrected chi connectivity index (χ3v) is 22.3. The smallest absolute Gasteiger partial charge is 0.333 e. The highest BCUT2D eigenvalue weighted by Crippen LogP contribution is 2.42. The van der Waals surface area contributed by atoms with Crippen LogP contribution in [0.3, 0.4) is 0 Å². The fraction of sp³-hybridized carbons (Fsp3) is 0.200. The Kier molecular flexibility index (Phi) is 47.4. The fourth-order valence-electron chi connectivity index (χ4n) is 14.9. The number of hydrogen-bond donors (Lipinski definition) is 0. The predicted octanol–water partition coefficient (Wildman–Crippen LogP) is 31.0. The standard InChI is InChI=1S/C39H35NO4.C29H31NO4.C28H29NO4.C27H27NO4.2CH4/c1-2-38(41)43-29-11-5-10-16-39(42)44-37-27-25-36(26-28-37)40(34-21-17-32(18-22-34)30-12-6-3-7-13-30)35-23-19-33(20-24-35)31-14-8-4-9-15-31;1-4-28(31)33-21-7-5-6-8-29(32)34-27-19-17-26(18-20-27)30(24-13-9-22(2)10-14-24)25-15-11-23(3)12-16-25;1-22(2)28(31)32-21-11-5-10-16-27(30)33-26-19-17-25(18-20-26)29(23-12-6-3-7-13-23)24-14-8-4-9-15-24;1-2-26(29)31-21-11-5-10-16-27(30)32-25-19-17-24(18-20-25)28(22-12-6-3-7-13-22)23-14-8-4-9-15-23;;/h2-4,6-9,12-15,17-28H,1,5,10-11,16,29H2;4,9-20H,1,5-8,21H2,2-3H3;3-4,6-9,12-15,17-20H,1,5,10-11,16,21H2,2H3;2-4,6-9,12-15,17-20H,1,5,10-11,16,21H2;2*1H4. The number of carbonyl (C=O) groups is 8. The van der Waals surface area contributed by atoms with E-state index in [2.05, 4.69) is 230 Å². The fourth-order valence-corrected chi connectivity index (χ4v) is 14.9. The van der Waals surface area contributed by atoms with Crippen LogP contribution in [0.15, 0.2) is 426 Å². The molecule has 0 aliphatic carbocycles. The van der Waals surface area contributed by atoms with Crippen LogP contribution >= 0.6 is 0 Å². The minimum absolute atomic E-state index is 0. The number of esters is 8. The first-order valence-electron chi connectivity index (χ1n) is 48.1. The predicted molar refractivity (Wildman–Crippen MR) is 584 cm³/mol. The quantitative estimate of drug-likeness (QED) is 0.0114. The van der Waals surface area contributed by atoms with Gasteiger partial charge in [0.2, 0.25) is 0 Å². The molecule has 0 amide bonds. The summed E-state index contributed by atoms with van der Waals surface area (Å²) in [4.78, 5) is 102. The Morgan fingerprint density at radius 1 is 0.228 bits per heavy atom. The number of carbonyl (C=O) groups excluding carboxylic acids is 8. The molecule has 0 bridgehead atoms. The van der Waals surface area contributed by atoms with E-state index in [1.807, 2.05) is 194 Å². The van der Waals surface area contributed by atoms with E-state index in [9.17, 15) is 38.4 Å². The van der Waals surface area contributed by atoms with Crippen LogP contribution in [0.5, 0.6) is 23.0 Å². The molecule has 0 aliphatic heterocycles. The topological polar surface area (TPSA) is 223 Å². The number of nitrogens with zero attached hydrogens (tertiary/aromatic N) is 4. The average Bonchev–Trinajstić information content (AvgIpc) is 0.804. The Hall–Kier alpha value is -17.0. The summed E-state index contributed by atoms with van der Waals surface area (Å²) in [7, 11) is 0. The Labute approximate surface area is 854 Å². The van der Waals surface area contributed by atoms with Crippen LogP contribution in [0, 0.1) is 13.8 Å². The van der Waals surface area contributed by atoms with E-state index in [4.69, 9.17) is 37.9 Å². The maximum atomic E-state index is 12.4. The number of unbranched alkanes of at least 4 members (excludes halogenated alkanes) is 8. The summed E-state index contributed by atoms with van der Waals surface area (Å²) in [6.07, 6.45) is 13.3. The highest BCUT2D eigenvalue weighted by atomic mass is 16.6. The van der Waals surface area contributed by atoms with E-state index in [0.29, 0.717) is 132 Å². The zero-order valence-electron chi connectivity index (χ0n) is 81.3. The van der Waals surface area contributed by atoms with Gasteiger partial charge in [0, 0.05) is 118 Å². The zero-order valence-corrected chi connectivity index (χ0v) is 81.3. The molecule has 0 radical (unpaired) electrons. The van der Waals surface area contributed by atoms with E-state index in [0.717, 1.165) is 123 Å². The molecule has 145 heavy (non-hydrogen) atoms. The van der Waals surface area contributed by atoms with Crippen LogP contribution in [0.2, 0.25) is 0 Å². The first-order chi connectivity index (χ1) is 69.8. The van der Waals surface area contributed by atoms with Crippen molar-refractivity contribution in [2.75, 3.05) is 46.0 Å². The van der Waals surface area contributed by atoms with Crippen molar-refractivity contribution in [2.45, 2.75) is 138 Å². The minimum atomic E-state index is -0.431. The Balaban J connectivity index is 0.000000216. The van der Waals surface area contributed by atoms with E-state index in [-0.39, 0.29) is 44.7 Å². The molecule has 20 nitrogen and oxygen atoms in total. The Morgan fingerprint density at radius 3 is 0.614 bits per heavy atom. The molecule has 0 atom stereocenters. The molecular formula is C125H130N4O16. The van der Waals surface area contributed by atoms with Gasteiger partial charge in [0.25, 0.3) is 0 Å².